The Morgan fingerprint density at radius 3 is 2.28 bits per heavy atom. The van der Waals surface area contributed by atoms with Crippen molar-refractivity contribution in [3.8, 4) is 0 Å². The second-order valence-electron chi connectivity index (χ2n) is 5.52. The summed E-state index contributed by atoms with van der Waals surface area (Å²) in [5, 5.41) is -0.430. The molecule has 1 aliphatic carbocycles. The quantitative estimate of drug-likeness (QED) is 0.784. The van der Waals surface area contributed by atoms with Gasteiger partial charge in [-0.3, -0.25) is 4.79 Å². The van der Waals surface area contributed by atoms with Crippen molar-refractivity contribution in [1.82, 2.24) is 4.90 Å². The van der Waals surface area contributed by atoms with Crippen LogP contribution < -0.4 is 0 Å². The molecule has 1 saturated carbocycles. The van der Waals surface area contributed by atoms with Gasteiger partial charge in [0.05, 0.1) is 10.5 Å². The highest BCUT2D eigenvalue weighted by Gasteiger charge is 2.43. The van der Waals surface area contributed by atoms with Gasteiger partial charge in [-0.15, -0.1) is 0 Å². The lowest BCUT2D eigenvalue weighted by molar-refractivity contribution is -0.134. The molecule has 18 heavy (non-hydrogen) atoms. The van der Waals surface area contributed by atoms with Gasteiger partial charge in [0.15, 0.2) is 9.84 Å². The van der Waals surface area contributed by atoms with Gasteiger partial charge in [-0.2, -0.15) is 0 Å². The van der Waals surface area contributed by atoms with Crippen molar-refractivity contribution in [2.75, 3.05) is 13.1 Å². The van der Waals surface area contributed by atoms with Crippen LogP contribution in [-0.4, -0.2) is 42.8 Å². The number of carbonyl (C=O) groups is 1. The minimum Gasteiger partial charge on any atom is -0.340 e. The van der Waals surface area contributed by atoms with Crippen molar-refractivity contribution in [2.45, 2.75) is 62.4 Å². The molecule has 5 heteroatoms. The molecule has 0 unspecified atom stereocenters. The Kier molecular flexibility index (Phi) is 4.30. The topological polar surface area (TPSA) is 54.5 Å². The number of amides is 1. The maximum absolute atomic E-state index is 12.4. The maximum atomic E-state index is 12.4. The van der Waals surface area contributed by atoms with Gasteiger partial charge in [0, 0.05) is 19.5 Å². The van der Waals surface area contributed by atoms with Gasteiger partial charge in [-0.25, -0.2) is 8.42 Å². The molecular formula is C13H23NO3S. The first kappa shape index (κ1) is 13.8. The van der Waals surface area contributed by atoms with Crippen LogP contribution in [0.15, 0.2) is 0 Å². The molecule has 1 heterocycles. The van der Waals surface area contributed by atoms with Gasteiger partial charge < -0.3 is 4.90 Å². The number of sulfone groups is 1. The molecule has 4 nitrogen and oxygen atoms in total. The highest BCUT2D eigenvalue weighted by atomic mass is 32.2. The van der Waals surface area contributed by atoms with Crippen LogP contribution in [0.3, 0.4) is 0 Å². The molecule has 0 aromatic heterocycles. The van der Waals surface area contributed by atoms with E-state index < -0.39 is 9.84 Å². The van der Waals surface area contributed by atoms with Gasteiger partial charge in [0.1, 0.15) is 0 Å². The molecule has 0 spiro atoms. The lowest BCUT2D eigenvalue weighted by Crippen LogP contribution is -2.58. The summed E-state index contributed by atoms with van der Waals surface area (Å²) in [7, 11) is -3.00. The number of hydrogen-bond donors (Lipinski definition) is 0. The van der Waals surface area contributed by atoms with E-state index in [-0.39, 0.29) is 16.4 Å². The van der Waals surface area contributed by atoms with Crippen molar-refractivity contribution in [3.63, 3.8) is 0 Å². The van der Waals surface area contributed by atoms with Crippen LogP contribution in [0.5, 0.6) is 0 Å². The predicted octanol–water partition coefficient (Wildman–Crippen LogP) is 1.74. The van der Waals surface area contributed by atoms with E-state index in [0.717, 1.165) is 38.5 Å². The summed E-state index contributed by atoms with van der Waals surface area (Å²) in [5.41, 5.74) is 0. The second-order valence-corrected chi connectivity index (χ2v) is 8.03. The van der Waals surface area contributed by atoms with Crippen LogP contribution in [0.25, 0.3) is 0 Å². The molecule has 0 atom stereocenters. The van der Waals surface area contributed by atoms with E-state index in [2.05, 4.69) is 0 Å². The minimum absolute atomic E-state index is 0.104. The zero-order chi connectivity index (χ0) is 13.2. The molecule has 2 rings (SSSR count). The minimum atomic E-state index is -3.00. The van der Waals surface area contributed by atoms with Crippen LogP contribution >= 0.6 is 0 Å². The number of carbonyl (C=O) groups excluding carboxylic acids is 1. The van der Waals surface area contributed by atoms with Gasteiger partial charge in [0.25, 0.3) is 0 Å². The van der Waals surface area contributed by atoms with Gasteiger partial charge >= 0.3 is 0 Å². The second kappa shape index (κ2) is 5.59. The fraction of sp³-hybridized carbons (Fsp3) is 0.923. The number of nitrogens with zero attached hydrogens (tertiary/aromatic N) is 1. The molecule has 0 aromatic rings. The molecule has 0 aromatic carbocycles. The molecule has 2 aliphatic rings. The molecule has 1 saturated heterocycles. The molecule has 0 N–H and O–H groups in total. The Morgan fingerprint density at radius 1 is 1.11 bits per heavy atom. The smallest absolute Gasteiger partial charge is 0.222 e. The van der Waals surface area contributed by atoms with Crippen molar-refractivity contribution in [2.24, 2.45) is 0 Å². The van der Waals surface area contributed by atoms with Crippen molar-refractivity contribution < 1.29 is 13.2 Å². The SMILES string of the molecule is CCCC(=O)N1CC(S(=O)(=O)C2CCCCC2)C1. The summed E-state index contributed by atoms with van der Waals surface area (Å²) in [6, 6.07) is 0. The molecule has 1 aliphatic heterocycles. The summed E-state index contributed by atoms with van der Waals surface area (Å²) in [4.78, 5) is 13.3. The standard InChI is InChI=1S/C13H23NO3S/c1-2-6-13(15)14-9-12(10-14)18(16,17)11-7-4-3-5-8-11/h11-12H,2-10H2,1H3. The largest absolute Gasteiger partial charge is 0.340 e. The third-order valence-electron chi connectivity index (χ3n) is 4.15. The van der Waals surface area contributed by atoms with Crippen LogP contribution in [0.2, 0.25) is 0 Å². The fourth-order valence-corrected chi connectivity index (χ4v) is 5.20. The Bertz CT molecular complexity index is 392. The van der Waals surface area contributed by atoms with E-state index in [0.29, 0.717) is 19.5 Å². The van der Waals surface area contributed by atoms with Gasteiger partial charge in [-0.05, 0) is 19.3 Å². The van der Waals surface area contributed by atoms with Crippen molar-refractivity contribution in [1.29, 1.82) is 0 Å². The summed E-state index contributed by atoms with van der Waals surface area (Å²) < 4.78 is 24.7. The molecule has 0 bridgehead atoms. The Hall–Kier alpha value is -0.580. The average Bonchev–Trinajstić information content (AvgIpc) is 2.28. The summed E-state index contributed by atoms with van der Waals surface area (Å²) in [5.74, 6) is 0.104. The zero-order valence-electron chi connectivity index (χ0n) is 11.1. The summed E-state index contributed by atoms with van der Waals surface area (Å²) in [6.07, 6.45) is 6.25. The summed E-state index contributed by atoms with van der Waals surface area (Å²) in [6.45, 7) is 2.82. The Morgan fingerprint density at radius 2 is 1.72 bits per heavy atom. The maximum Gasteiger partial charge on any atom is 0.222 e. The fourth-order valence-electron chi connectivity index (χ4n) is 2.89. The van der Waals surface area contributed by atoms with Crippen LogP contribution in [0.1, 0.15) is 51.9 Å². The predicted molar refractivity (Wildman–Crippen MR) is 71.1 cm³/mol. The molecule has 1 amide bonds. The van der Waals surface area contributed by atoms with E-state index in [4.69, 9.17) is 0 Å². The van der Waals surface area contributed by atoms with E-state index in [9.17, 15) is 13.2 Å². The monoisotopic (exact) mass is 273 g/mol. The number of hydrogen-bond acceptors (Lipinski definition) is 3. The van der Waals surface area contributed by atoms with Crippen molar-refractivity contribution in [3.05, 3.63) is 0 Å². The molecule has 104 valence electrons. The molecule has 2 fully saturated rings. The first-order chi connectivity index (χ1) is 8.55. The Balaban J connectivity index is 1.88. The molecular weight excluding hydrogens is 250 g/mol. The van der Waals surface area contributed by atoms with E-state index in [1.165, 1.54) is 0 Å². The average molecular weight is 273 g/mol. The third kappa shape index (κ3) is 2.71. The van der Waals surface area contributed by atoms with Crippen LogP contribution in [0, 0.1) is 0 Å². The van der Waals surface area contributed by atoms with Crippen LogP contribution in [0.4, 0.5) is 0 Å². The Labute approximate surface area is 110 Å². The lowest BCUT2D eigenvalue weighted by atomic mass is 10.0. The first-order valence-corrected chi connectivity index (χ1v) is 8.67. The summed E-state index contributed by atoms with van der Waals surface area (Å²) >= 11 is 0. The highest BCUT2D eigenvalue weighted by Crippen LogP contribution is 2.29. The first-order valence-electron chi connectivity index (χ1n) is 7.06. The lowest BCUT2D eigenvalue weighted by Gasteiger charge is -2.41. The normalized spacial score (nSPS) is 22.8. The van der Waals surface area contributed by atoms with Gasteiger partial charge in [-0.1, -0.05) is 26.2 Å². The highest BCUT2D eigenvalue weighted by molar-refractivity contribution is 7.92. The third-order valence-corrected chi connectivity index (χ3v) is 6.77. The van der Waals surface area contributed by atoms with E-state index in [1.54, 1.807) is 4.90 Å². The van der Waals surface area contributed by atoms with Gasteiger partial charge in [0.2, 0.25) is 5.91 Å². The number of rotatable bonds is 4. The van der Waals surface area contributed by atoms with Crippen molar-refractivity contribution >= 4 is 15.7 Å². The van der Waals surface area contributed by atoms with E-state index in [1.807, 2.05) is 6.92 Å². The molecule has 0 radical (unpaired) electrons. The number of likely N-dealkylation sites (tertiary alicyclic amines) is 1. The van der Waals surface area contributed by atoms with E-state index >= 15 is 0 Å². The van der Waals surface area contributed by atoms with Crippen LogP contribution in [-0.2, 0) is 14.6 Å². The zero-order valence-corrected chi connectivity index (χ0v) is 11.9.